The van der Waals surface area contributed by atoms with E-state index >= 15 is 0 Å². The molecule has 0 atom stereocenters. The highest BCUT2D eigenvalue weighted by atomic mass is 16.5. The molecule has 40 heavy (non-hydrogen) atoms. The van der Waals surface area contributed by atoms with E-state index < -0.39 is 29.3 Å². The van der Waals surface area contributed by atoms with Gasteiger partial charge in [0.25, 0.3) is 0 Å². The molecule has 0 saturated heterocycles. The van der Waals surface area contributed by atoms with Gasteiger partial charge in [-0.3, -0.25) is 0 Å². The van der Waals surface area contributed by atoms with E-state index in [0.29, 0.717) is 12.0 Å². The summed E-state index contributed by atoms with van der Waals surface area (Å²) in [5.41, 5.74) is 0.470. The van der Waals surface area contributed by atoms with E-state index in [9.17, 15) is 24.0 Å². The lowest BCUT2D eigenvalue weighted by Gasteiger charge is -2.24. The fraction of sp³-hybridized carbons (Fsp3) is 0.444. The zero-order chi connectivity index (χ0) is 33.8. The summed E-state index contributed by atoms with van der Waals surface area (Å²) < 4.78 is 4.27. The average Bonchev–Trinajstić information content (AvgIpc) is 2.86. The number of ether oxygens (including phenoxy) is 1. The number of hydrogen-bond acceptors (Lipinski definition) is 9. The molecular weight excluding hydrogens is 532 g/mol. The largest absolute Gasteiger partial charge is 0.478 e. The minimum absolute atomic E-state index is 0.156. The van der Waals surface area contributed by atoms with Crippen LogP contribution in [-0.2, 0) is 28.7 Å². The highest BCUT2D eigenvalue weighted by Crippen LogP contribution is 2.18. The van der Waals surface area contributed by atoms with Crippen LogP contribution in [0.2, 0.25) is 0 Å². The predicted octanol–water partition coefficient (Wildman–Crippen LogP) is 2.68. The van der Waals surface area contributed by atoms with Crippen LogP contribution in [0.25, 0.3) is 0 Å². The van der Waals surface area contributed by atoms with Gasteiger partial charge in [-0.25, -0.2) is 24.0 Å². The number of aliphatic carboxylic acids is 4. The van der Waals surface area contributed by atoms with Crippen molar-refractivity contribution in [3.05, 3.63) is 60.8 Å². The first-order valence-corrected chi connectivity index (χ1v) is 11.1. The van der Waals surface area contributed by atoms with Crippen LogP contribution in [-0.4, -0.2) is 92.5 Å². The van der Waals surface area contributed by atoms with Gasteiger partial charge in [-0.1, -0.05) is 39.8 Å². The van der Waals surface area contributed by atoms with Crippen LogP contribution in [0.1, 0.15) is 48.0 Å². The van der Waals surface area contributed by atoms with Crippen LogP contribution in [0, 0.1) is 5.41 Å². The molecule has 0 aliphatic heterocycles. The van der Waals surface area contributed by atoms with E-state index in [1.807, 2.05) is 6.92 Å². The Kier molecular flexibility index (Phi) is 36.1. The molecule has 0 radical (unpaired) electrons. The summed E-state index contributed by atoms with van der Waals surface area (Å²) in [6, 6.07) is 0. The van der Waals surface area contributed by atoms with Crippen LogP contribution >= 0.6 is 0 Å². The van der Waals surface area contributed by atoms with E-state index in [0.717, 1.165) is 0 Å². The van der Waals surface area contributed by atoms with E-state index in [1.165, 1.54) is 34.8 Å². The summed E-state index contributed by atoms with van der Waals surface area (Å²) >= 11 is 0. The number of carbonyl (C=O) groups excluding carboxylic acids is 1. The molecule has 0 rings (SSSR count). The Hall–Kier alpha value is -4.07. The van der Waals surface area contributed by atoms with Crippen molar-refractivity contribution in [2.75, 3.05) is 26.9 Å². The van der Waals surface area contributed by atoms with Crippen LogP contribution in [0.3, 0.4) is 0 Å². The highest BCUT2D eigenvalue weighted by molar-refractivity contribution is 5.87. The first-order chi connectivity index (χ1) is 18.0. The quantitative estimate of drug-likeness (QED) is 0.154. The van der Waals surface area contributed by atoms with Crippen LogP contribution in [0.5, 0.6) is 0 Å². The Labute approximate surface area is 235 Å². The average molecular weight is 579 g/mol. The van der Waals surface area contributed by atoms with Gasteiger partial charge in [-0.2, -0.15) is 0 Å². The number of aliphatic hydroxyl groups is 3. The first kappa shape index (κ1) is 48.9. The molecule has 13 nitrogen and oxygen atoms in total. The fourth-order valence-electron chi connectivity index (χ4n) is 0.660. The molecule has 0 saturated carbocycles. The molecule has 0 aliphatic carbocycles. The summed E-state index contributed by atoms with van der Waals surface area (Å²) in [5, 5.41) is 57.5. The highest BCUT2D eigenvalue weighted by Gasteiger charge is 2.24. The van der Waals surface area contributed by atoms with Crippen molar-refractivity contribution in [1.29, 1.82) is 0 Å². The lowest BCUT2D eigenvalue weighted by Crippen LogP contribution is -2.32. The topological polar surface area (TPSA) is 236 Å². The van der Waals surface area contributed by atoms with Crippen molar-refractivity contribution in [2.45, 2.75) is 48.0 Å². The molecule has 0 amide bonds. The van der Waals surface area contributed by atoms with Gasteiger partial charge < -0.3 is 40.5 Å². The number of carbonyl (C=O) groups is 5. The van der Waals surface area contributed by atoms with Gasteiger partial charge in [0.1, 0.15) is 0 Å². The van der Waals surface area contributed by atoms with Crippen LogP contribution < -0.4 is 0 Å². The van der Waals surface area contributed by atoms with E-state index in [1.54, 1.807) is 6.92 Å². The molecule has 13 heteroatoms. The zero-order valence-electron chi connectivity index (χ0n) is 24.4. The van der Waals surface area contributed by atoms with Crippen molar-refractivity contribution in [1.82, 2.24) is 0 Å². The smallest absolute Gasteiger partial charge is 0.332 e. The summed E-state index contributed by atoms with van der Waals surface area (Å²) in [7, 11) is 1.33. The number of methoxy groups -OCH3 is 1. The molecule has 0 aromatic carbocycles. The van der Waals surface area contributed by atoms with Crippen molar-refractivity contribution in [3.8, 4) is 0 Å². The SMILES string of the molecule is C=C(C)C(=O)O.C=C(C)C(=O)O.C=C(C)C(=O)O.C=C(C)C(=O)O.C=C(C)C(=O)OC.CCC(CO)(CO)CO. The zero-order valence-corrected chi connectivity index (χ0v) is 24.4. The fourth-order valence-corrected chi connectivity index (χ4v) is 0.660. The Balaban J connectivity index is -0.0000000874. The number of rotatable bonds is 9. The Morgan fingerprint density at radius 1 is 0.550 bits per heavy atom. The van der Waals surface area contributed by atoms with Gasteiger partial charge in [-0.05, 0) is 41.0 Å². The number of carboxylic acid groups (broad SMARTS) is 4. The summed E-state index contributed by atoms with van der Waals surface area (Å²) in [6.45, 7) is 24.7. The third kappa shape index (κ3) is 41.1. The molecule has 0 unspecified atom stereocenters. The normalized spacial score (nSPS) is 8.55. The van der Waals surface area contributed by atoms with Crippen LogP contribution in [0.4, 0.5) is 0 Å². The van der Waals surface area contributed by atoms with Gasteiger partial charge in [0.2, 0.25) is 0 Å². The molecule has 232 valence electrons. The number of hydrogen-bond donors (Lipinski definition) is 7. The summed E-state index contributed by atoms with van der Waals surface area (Å²) in [6.07, 6.45) is 0.594. The molecule has 0 bridgehead atoms. The van der Waals surface area contributed by atoms with Gasteiger partial charge in [0.05, 0.1) is 26.9 Å². The third-order valence-corrected chi connectivity index (χ3v) is 3.75. The van der Waals surface area contributed by atoms with Gasteiger partial charge in [-0.15, -0.1) is 0 Å². The Bertz CT molecular complexity index is 702. The maximum absolute atomic E-state index is 10.2. The summed E-state index contributed by atoms with van der Waals surface area (Å²) in [4.78, 5) is 48.6. The standard InChI is InChI=1S/C6H14O3.C5H8O2.4C4H6O2/c1-2-6(3-7,4-8)5-9;1-4(2)5(6)7-3;4*1-3(2)4(5)6/h7-9H,2-5H2,1H3;1H2,2-3H3;4*1H2,2H3,(H,5,6). The summed E-state index contributed by atoms with van der Waals surface area (Å²) in [5.74, 6) is -4.09. The number of esters is 1. The van der Waals surface area contributed by atoms with Crippen molar-refractivity contribution < 1.29 is 64.5 Å². The van der Waals surface area contributed by atoms with E-state index in [4.69, 9.17) is 35.7 Å². The first-order valence-electron chi connectivity index (χ1n) is 11.1. The Morgan fingerprint density at radius 3 is 0.725 bits per heavy atom. The van der Waals surface area contributed by atoms with Crippen molar-refractivity contribution in [2.24, 2.45) is 5.41 Å². The third-order valence-electron chi connectivity index (χ3n) is 3.75. The van der Waals surface area contributed by atoms with Gasteiger partial charge in [0.15, 0.2) is 0 Å². The molecule has 0 aromatic rings. The van der Waals surface area contributed by atoms with E-state index in [2.05, 4.69) is 37.6 Å². The molecule has 0 heterocycles. The minimum Gasteiger partial charge on any atom is -0.478 e. The van der Waals surface area contributed by atoms with E-state index in [-0.39, 0.29) is 48.1 Å². The predicted molar refractivity (Wildman–Crippen MR) is 151 cm³/mol. The lowest BCUT2D eigenvalue weighted by atomic mass is 9.88. The van der Waals surface area contributed by atoms with Gasteiger partial charge in [0, 0.05) is 33.3 Å². The molecule has 0 aliphatic rings. The molecular formula is C27H46O13. The maximum Gasteiger partial charge on any atom is 0.332 e. The second-order valence-electron chi connectivity index (χ2n) is 7.94. The second kappa shape index (κ2) is 29.5. The number of aliphatic hydroxyl groups excluding tert-OH is 3. The maximum atomic E-state index is 10.2. The second-order valence-corrected chi connectivity index (χ2v) is 7.94. The minimum atomic E-state index is -0.935. The molecule has 0 fully saturated rings. The molecule has 0 spiro atoms. The number of carboxylic acids is 4. The monoisotopic (exact) mass is 578 g/mol. The molecule has 7 N–H and O–H groups in total. The Morgan fingerprint density at radius 2 is 0.725 bits per heavy atom. The van der Waals surface area contributed by atoms with Crippen molar-refractivity contribution in [3.63, 3.8) is 0 Å². The lowest BCUT2D eigenvalue weighted by molar-refractivity contribution is -0.136. The molecule has 0 aromatic heterocycles. The van der Waals surface area contributed by atoms with Crippen LogP contribution in [0.15, 0.2) is 60.8 Å². The van der Waals surface area contributed by atoms with Crippen molar-refractivity contribution >= 4 is 29.8 Å². The van der Waals surface area contributed by atoms with Gasteiger partial charge >= 0.3 is 29.8 Å².